The molecule has 0 radical (unpaired) electrons. The number of hydrogen-bond donors (Lipinski definition) is 1. The molecule has 4 bridgehead atoms. The Morgan fingerprint density at radius 2 is 1.81 bits per heavy atom. The lowest BCUT2D eigenvalue weighted by Gasteiger charge is -2.65. The summed E-state index contributed by atoms with van der Waals surface area (Å²) in [6, 6.07) is 0. The average molecular weight is 293 g/mol. The van der Waals surface area contributed by atoms with E-state index in [1.807, 2.05) is 13.8 Å². The summed E-state index contributed by atoms with van der Waals surface area (Å²) in [7, 11) is 0. The van der Waals surface area contributed by atoms with Gasteiger partial charge in [0.15, 0.2) is 0 Å². The Morgan fingerprint density at radius 1 is 1.19 bits per heavy atom. The van der Waals surface area contributed by atoms with Crippen LogP contribution in [0.25, 0.3) is 0 Å². The fraction of sp³-hybridized carbons (Fsp3) is 0.944. The number of ether oxygens (including phenoxy) is 1. The second-order valence-electron chi connectivity index (χ2n) is 8.94. The van der Waals surface area contributed by atoms with Gasteiger partial charge in [0.05, 0.1) is 12.5 Å². The molecule has 0 heterocycles. The minimum absolute atomic E-state index is 0.0430. The molecular formula is C18H31NO2. The van der Waals surface area contributed by atoms with Crippen LogP contribution in [0.5, 0.6) is 0 Å². The van der Waals surface area contributed by atoms with Crippen LogP contribution in [0.15, 0.2) is 0 Å². The Hall–Kier alpha value is -0.570. The smallest absolute Gasteiger partial charge is 0.309 e. The summed E-state index contributed by atoms with van der Waals surface area (Å²) in [5.41, 5.74) is 1.33. The van der Waals surface area contributed by atoms with E-state index < -0.39 is 0 Å². The highest BCUT2D eigenvalue weighted by molar-refractivity contribution is 5.72. The van der Waals surface area contributed by atoms with Crippen LogP contribution in [-0.4, -0.2) is 24.7 Å². The van der Waals surface area contributed by atoms with Crippen molar-refractivity contribution in [2.24, 2.45) is 22.7 Å². The highest BCUT2D eigenvalue weighted by Crippen LogP contribution is 2.66. The Balaban J connectivity index is 1.66. The third-order valence-corrected chi connectivity index (χ3v) is 6.10. The summed E-state index contributed by atoms with van der Waals surface area (Å²) < 4.78 is 5.14. The van der Waals surface area contributed by atoms with Crippen molar-refractivity contribution in [1.29, 1.82) is 0 Å². The molecule has 4 aliphatic rings. The van der Waals surface area contributed by atoms with Crippen LogP contribution < -0.4 is 5.32 Å². The van der Waals surface area contributed by atoms with E-state index in [4.69, 9.17) is 4.74 Å². The van der Waals surface area contributed by atoms with Crippen LogP contribution in [0, 0.1) is 22.7 Å². The Kier molecular flexibility index (Phi) is 3.63. The number of hydrogen-bond acceptors (Lipinski definition) is 3. The van der Waals surface area contributed by atoms with Gasteiger partial charge in [0, 0.05) is 12.1 Å². The first-order valence-electron chi connectivity index (χ1n) is 8.69. The topological polar surface area (TPSA) is 38.3 Å². The summed E-state index contributed by atoms with van der Waals surface area (Å²) in [5, 5.41) is 3.82. The van der Waals surface area contributed by atoms with E-state index in [1.165, 1.54) is 38.5 Å². The fourth-order valence-electron chi connectivity index (χ4n) is 6.38. The molecule has 3 atom stereocenters. The second-order valence-corrected chi connectivity index (χ2v) is 8.94. The van der Waals surface area contributed by atoms with Gasteiger partial charge >= 0.3 is 5.97 Å². The minimum atomic E-state index is -0.0628. The first-order valence-corrected chi connectivity index (χ1v) is 8.69. The molecule has 0 saturated heterocycles. The van der Waals surface area contributed by atoms with E-state index in [9.17, 15) is 4.79 Å². The molecule has 0 amide bonds. The van der Waals surface area contributed by atoms with Crippen molar-refractivity contribution in [2.45, 2.75) is 71.8 Å². The molecule has 4 saturated carbocycles. The lowest BCUT2D eigenvalue weighted by atomic mass is 9.43. The van der Waals surface area contributed by atoms with Crippen molar-refractivity contribution in [3.05, 3.63) is 0 Å². The van der Waals surface area contributed by atoms with Crippen LogP contribution >= 0.6 is 0 Å². The lowest BCUT2D eigenvalue weighted by Crippen LogP contribution is -2.64. The van der Waals surface area contributed by atoms with Crippen LogP contribution in [0.1, 0.15) is 66.2 Å². The minimum Gasteiger partial charge on any atom is -0.466 e. The summed E-state index contributed by atoms with van der Waals surface area (Å²) >= 11 is 0. The van der Waals surface area contributed by atoms with Crippen molar-refractivity contribution < 1.29 is 9.53 Å². The summed E-state index contributed by atoms with van der Waals surface area (Å²) in [5.74, 6) is 0.785. The van der Waals surface area contributed by atoms with Crippen LogP contribution in [-0.2, 0) is 9.53 Å². The maximum Gasteiger partial charge on any atom is 0.309 e. The zero-order chi connectivity index (χ0) is 15.3. The molecule has 0 aliphatic heterocycles. The highest BCUT2D eigenvalue weighted by Gasteiger charge is 2.59. The van der Waals surface area contributed by atoms with E-state index >= 15 is 0 Å². The predicted octanol–water partition coefficient (Wildman–Crippen LogP) is 3.52. The monoisotopic (exact) mass is 293 g/mol. The zero-order valence-electron chi connectivity index (χ0n) is 14.1. The van der Waals surface area contributed by atoms with Gasteiger partial charge in [0.1, 0.15) is 0 Å². The molecule has 4 rings (SSSR count). The standard InChI is InChI=1S/C18H31NO2/c1-5-21-15(20)13(2)9-19-18-8-14-6-16(3,11-18)10-17(4,7-14)12-18/h13-14,19H,5-12H2,1-4H3. The van der Waals surface area contributed by atoms with Gasteiger partial charge in [0.25, 0.3) is 0 Å². The first kappa shape index (κ1) is 15.3. The quantitative estimate of drug-likeness (QED) is 0.788. The van der Waals surface area contributed by atoms with Crippen molar-refractivity contribution in [3.63, 3.8) is 0 Å². The molecule has 0 aromatic heterocycles. The average Bonchev–Trinajstić information content (AvgIpc) is 2.31. The first-order chi connectivity index (χ1) is 9.77. The van der Waals surface area contributed by atoms with Crippen LogP contribution in [0.2, 0.25) is 0 Å². The largest absolute Gasteiger partial charge is 0.466 e. The molecule has 21 heavy (non-hydrogen) atoms. The zero-order valence-corrected chi connectivity index (χ0v) is 14.1. The van der Waals surface area contributed by atoms with Gasteiger partial charge in [-0.25, -0.2) is 0 Å². The van der Waals surface area contributed by atoms with E-state index in [-0.39, 0.29) is 17.4 Å². The summed E-state index contributed by atoms with van der Waals surface area (Å²) in [6.45, 7) is 10.1. The van der Waals surface area contributed by atoms with Gasteiger partial charge in [-0.15, -0.1) is 0 Å². The number of carbonyl (C=O) groups excluding carboxylic acids is 1. The summed E-state index contributed by atoms with van der Waals surface area (Å²) in [6.07, 6.45) is 8.13. The Morgan fingerprint density at radius 3 is 2.33 bits per heavy atom. The molecule has 120 valence electrons. The van der Waals surface area contributed by atoms with Gasteiger partial charge in [-0.05, 0) is 62.2 Å². The van der Waals surface area contributed by atoms with E-state index in [1.54, 1.807) is 0 Å². The molecule has 1 N–H and O–H groups in total. The Labute approximate surface area is 129 Å². The molecule has 3 unspecified atom stereocenters. The molecule has 4 fully saturated rings. The van der Waals surface area contributed by atoms with E-state index in [0.29, 0.717) is 17.4 Å². The van der Waals surface area contributed by atoms with Crippen LogP contribution in [0.4, 0.5) is 0 Å². The fourth-order valence-corrected chi connectivity index (χ4v) is 6.38. The van der Waals surface area contributed by atoms with Gasteiger partial charge < -0.3 is 10.1 Å². The molecule has 3 nitrogen and oxygen atoms in total. The van der Waals surface area contributed by atoms with Crippen molar-refractivity contribution in [2.75, 3.05) is 13.2 Å². The lowest BCUT2D eigenvalue weighted by molar-refractivity contribution is -0.148. The normalized spacial score (nSPS) is 45.6. The van der Waals surface area contributed by atoms with Crippen molar-refractivity contribution in [1.82, 2.24) is 5.32 Å². The van der Waals surface area contributed by atoms with Gasteiger partial charge in [0.2, 0.25) is 0 Å². The SMILES string of the molecule is CCOC(=O)C(C)CNC12CC3CC(C)(CC(C)(C3)C1)C2. The van der Waals surface area contributed by atoms with E-state index in [2.05, 4.69) is 19.2 Å². The molecule has 0 aromatic rings. The number of carbonyl (C=O) groups is 1. The third-order valence-electron chi connectivity index (χ3n) is 6.10. The molecule has 4 aliphatic carbocycles. The summed E-state index contributed by atoms with van der Waals surface area (Å²) in [4.78, 5) is 11.8. The molecular weight excluding hydrogens is 262 g/mol. The third kappa shape index (κ3) is 2.86. The maximum atomic E-state index is 11.8. The maximum absolute atomic E-state index is 11.8. The van der Waals surface area contributed by atoms with Crippen LogP contribution in [0.3, 0.4) is 0 Å². The molecule has 0 spiro atoms. The number of nitrogens with one attached hydrogen (secondary N) is 1. The van der Waals surface area contributed by atoms with E-state index in [0.717, 1.165) is 12.5 Å². The molecule has 3 heteroatoms. The predicted molar refractivity (Wildman–Crippen MR) is 83.9 cm³/mol. The van der Waals surface area contributed by atoms with Crippen molar-refractivity contribution >= 4 is 5.97 Å². The number of rotatable bonds is 5. The van der Waals surface area contributed by atoms with Gasteiger partial charge in [-0.2, -0.15) is 0 Å². The highest BCUT2D eigenvalue weighted by atomic mass is 16.5. The number of esters is 1. The Bertz CT molecular complexity index is 415. The van der Waals surface area contributed by atoms with Gasteiger partial charge in [-0.3, -0.25) is 4.79 Å². The second kappa shape index (κ2) is 4.97. The van der Waals surface area contributed by atoms with Gasteiger partial charge in [-0.1, -0.05) is 20.8 Å². The molecule has 0 aromatic carbocycles. The van der Waals surface area contributed by atoms with Crippen molar-refractivity contribution in [3.8, 4) is 0 Å².